The van der Waals surface area contributed by atoms with Crippen molar-refractivity contribution in [3.63, 3.8) is 0 Å². The first-order valence-electron chi connectivity index (χ1n) is 6.74. The SMILES string of the molecule is Cc1cc(C)c(CS(=O)(=O)c2ccc(Cl)cc2C#N)c(C)c1. The molecule has 0 N–H and O–H groups in total. The fourth-order valence-corrected chi connectivity index (χ4v) is 4.44. The van der Waals surface area contributed by atoms with E-state index in [1.54, 1.807) is 0 Å². The summed E-state index contributed by atoms with van der Waals surface area (Å²) in [7, 11) is -3.61. The standard InChI is InChI=1S/C17H16ClNO2S/c1-11-6-12(2)16(13(3)7-11)10-22(20,21)17-5-4-15(18)8-14(17)9-19/h4-8H,10H2,1-3H3. The molecule has 0 spiro atoms. The van der Waals surface area contributed by atoms with Crippen LogP contribution in [-0.4, -0.2) is 8.42 Å². The first kappa shape index (κ1) is 16.5. The van der Waals surface area contributed by atoms with E-state index in [9.17, 15) is 8.42 Å². The van der Waals surface area contributed by atoms with Gasteiger partial charge in [-0.15, -0.1) is 0 Å². The summed E-state index contributed by atoms with van der Waals surface area (Å²) in [5, 5.41) is 9.49. The molecule has 5 heteroatoms. The molecule has 0 aliphatic rings. The molecular formula is C17H16ClNO2S. The van der Waals surface area contributed by atoms with Crippen molar-refractivity contribution in [1.82, 2.24) is 0 Å². The minimum absolute atomic E-state index is 0.0266. The summed E-state index contributed by atoms with van der Waals surface area (Å²) < 4.78 is 25.4. The average Bonchev–Trinajstić information content (AvgIpc) is 2.42. The highest BCUT2D eigenvalue weighted by Crippen LogP contribution is 2.26. The summed E-state index contributed by atoms with van der Waals surface area (Å²) in [6.07, 6.45) is 0. The van der Waals surface area contributed by atoms with Crippen molar-refractivity contribution >= 4 is 21.4 Å². The number of rotatable bonds is 3. The van der Waals surface area contributed by atoms with E-state index in [2.05, 4.69) is 0 Å². The lowest BCUT2D eigenvalue weighted by atomic mass is 10.0. The van der Waals surface area contributed by atoms with Crippen LogP contribution in [0.1, 0.15) is 27.8 Å². The van der Waals surface area contributed by atoms with E-state index in [0.29, 0.717) is 5.02 Å². The monoisotopic (exact) mass is 333 g/mol. The molecular weight excluding hydrogens is 318 g/mol. The molecule has 0 heterocycles. The molecule has 0 atom stereocenters. The van der Waals surface area contributed by atoms with Crippen molar-refractivity contribution in [3.8, 4) is 6.07 Å². The Bertz CT molecular complexity index is 857. The van der Waals surface area contributed by atoms with Gasteiger partial charge in [0.1, 0.15) is 6.07 Å². The van der Waals surface area contributed by atoms with E-state index >= 15 is 0 Å². The third kappa shape index (κ3) is 3.32. The molecule has 3 nitrogen and oxygen atoms in total. The van der Waals surface area contributed by atoms with E-state index in [0.717, 1.165) is 22.3 Å². The Balaban J connectivity index is 2.52. The number of sulfone groups is 1. The van der Waals surface area contributed by atoms with Gasteiger partial charge in [0.25, 0.3) is 0 Å². The second-order valence-electron chi connectivity index (χ2n) is 5.39. The second-order valence-corrected chi connectivity index (χ2v) is 7.78. The summed E-state index contributed by atoms with van der Waals surface area (Å²) >= 11 is 5.83. The number of hydrogen-bond acceptors (Lipinski definition) is 3. The van der Waals surface area contributed by atoms with Gasteiger partial charge in [-0.2, -0.15) is 5.26 Å². The zero-order chi connectivity index (χ0) is 16.5. The third-order valence-electron chi connectivity index (χ3n) is 3.57. The first-order valence-corrected chi connectivity index (χ1v) is 8.77. The van der Waals surface area contributed by atoms with Crippen LogP contribution in [-0.2, 0) is 15.6 Å². The molecule has 0 unspecified atom stereocenters. The lowest BCUT2D eigenvalue weighted by molar-refractivity contribution is 0.594. The summed E-state index contributed by atoms with van der Waals surface area (Å²) in [4.78, 5) is 0.0266. The van der Waals surface area contributed by atoms with E-state index in [4.69, 9.17) is 16.9 Å². The molecule has 22 heavy (non-hydrogen) atoms. The van der Waals surface area contributed by atoms with Gasteiger partial charge in [-0.3, -0.25) is 0 Å². The third-order valence-corrected chi connectivity index (χ3v) is 5.50. The summed E-state index contributed by atoms with van der Waals surface area (Å²) in [5.41, 5.74) is 3.84. The molecule has 0 aliphatic carbocycles. The van der Waals surface area contributed by atoms with Gasteiger partial charge in [-0.1, -0.05) is 29.3 Å². The van der Waals surface area contributed by atoms with Crippen molar-refractivity contribution in [2.24, 2.45) is 0 Å². The minimum atomic E-state index is -3.61. The van der Waals surface area contributed by atoms with Crippen LogP contribution < -0.4 is 0 Å². The maximum Gasteiger partial charge on any atom is 0.183 e. The molecule has 0 radical (unpaired) electrons. The van der Waals surface area contributed by atoms with Crippen LogP contribution in [0.5, 0.6) is 0 Å². The van der Waals surface area contributed by atoms with Gasteiger partial charge >= 0.3 is 0 Å². The zero-order valence-electron chi connectivity index (χ0n) is 12.6. The van der Waals surface area contributed by atoms with Gasteiger partial charge in [-0.05, 0) is 55.7 Å². The fraction of sp³-hybridized carbons (Fsp3) is 0.235. The highest BCUT2D eigenvalue weighted by molar-refractivity contribution is 7.90. The first-order chi connectivity index (χ1) is 10.2. The van der Waals surface area contributed by atoms with Gasteiger partial charge in [0.15, 0.2) is 9.84 Å². The number of benzene rings is 2. The maximum absolute atomic E-state index is 12.7. The van der Waals surface area contributed by atoms with Crippen LogP contribution >= 0.6 is 11.6 Å². The molecule has 0 amide bonds. The molecule has 2 aromatic carbocycles. The molecule has 2 rings (SSSR count). The lowest BCUT2D eigenvalue weighted by Crippen LogP contribution is -2.09. The van der Waals surface area contributed by atoms with Crippen LogP contribution in [0.4, 0.5) is 0 Å². The fourth-order valence-electron chi connectivity index (χ4n) is 2.57. The largest absolute Gasteiger partial charge is 0.223 e. The molecule has 0 saturated carbocycles. The summed E-state index contributed by atoms with van der Waals surface area (Å²) in [6.45, 7) is 5.78. The smallest absolute Gasteiger partial charge is 0.183 e. The predicted molar refractivity (Wildman–Crippen MR) is 87.7 cm³/mol. The normalized spacial score (nSPS) is 11.2. The van der Waals surface area contributed by atoms with Gasteiger partial charge < -0.3 is 0 Å². The number of halogens is 1. The maximum atomic E-state index is 12.7. The number of hydrogen-bond donors (Lipinski definition) is 0. The number of aryl methyl sites for hydroxylation is 3. The molecule has 0 aromatic heterocycles. The van der Waals surface area contributed by atoms with Crippen molar-refractivity contribution in [2.75, 3.05) is 0 Å². The van der Waals surface area contributed by atoms with E-state index in [-0.39, 0.29) is 16.2 Å². The van der Waals surface area contributed by atoms with Gasteiger partial charge in [0, 0.05) is 5.02 Å². The summed E-state index contributed by atoms with van der Waals surface area (Å²) in [6, 6.07) is 10.1. The molecule has 0 fully saturated rings. The lowest BCUT2D eigenvalue weighted by Gasteiger charge is -2.13. The highest BCUT2D eigenvalue weighted by atomic mass is 35.5. The highest BCUT2D eigenvalue weighted by Gasteiger charge is 2.21. The van der Waals surface area contributed by atoms with Crippen LogP contribution in [0, 0.1) is 32.1 Å². The minimum Gasteiger partial charge on any atom is -0.223 e. The van der Waals surface area contributed by atoms with Gasteiger partial charge in [-0.25, -0.2) is 8.42 Å². The van der Waals surface area contributed by atoms with Gasteiger partial charge in [0.2, 0.25) is 0 Å². The van der Waals surface area contributed by atoms with Crippen LogP contribution in [0.2, 0.25) is 5.02 Å². The molecule has 0 saturated heterocycles. The molecule has 114 valence electrons. The molecule has 0 aliphatic heterocycles. The Kier molecular flexibility index (Phi) is 4.60. The van der Waals surface area contributed by atoms with Crippen molar-refractivity contribution < 1.29 is 8.42 Å². The number of nitriles is 1. The van der Waals surface area contributed by atoms with Crippen LogP contribution in [0.15, 0.2) is 35.2 Å². The Morgan fingerprint density at radius 3 is 2.23 bits per heavy atom. The number of nitrogens with zero attached hydrogens (tertiary/aromatic N) is 1. The second kappa shape index (κ2) is 6.12. The van der Waals surface area contributed by atoms with E-state index in [1.807, 2.05) is 39.0 Å². The van der Waals surface area contributed by atoms with E-state index < -0.39 is 9.84 Å². The average molecular weight is 334 g/mol. The Labute approximate surface area is 136 Å². The molecule has 2 aromatic rings. The molecule has 0 bridgehead atoms. The summed E-state index contributed by atoms with van der Waals surface area (Å²) in [5.74, 6) is -0.124. The van der Waals surface area contributed by atoms with Crippen LogP contribution in [0.25, 0.3) is 0 Å². The Hall–Kier alpha value is -1.83. The predicted octanol–water partition coefficient (Wildman–Crippen LogP) is 4.11. The van der Waals surface area contributed by atoms with E-state index in [1.165, 1.54) is 18.2 Å². The topological polar surface area (TPSA) is 57.9 Å². The van der Waals surface area contributed by atoms with Crippen LogP contribution in [0.3, 0.4) is 0 Å². The Morgan fingerprint density at radius 2 is 1.68 bits per heavy atom. The quantitative estimate of drug-likeness (QED) is 0.849. The van der Waals surface area contributed by atoms with Crippen molar-refractivity contribution in [2.45, 2.75) is 31.4 Å². The van der Waals surface area contributed by atoms with Gasteiger partial charge in [0.05, 0.1) is 16.2 Å². The zero-order valence-corrected chi connectivity index (χ0v) is 14.2. The van der Waals surface area contributed by atoms with Crippen molar-refractivity contribution in [1.29, 1.82) is 5.26 Å². The van der Waals surface area contributed by atoms with Crippen molar-refractivity contribution in [3.05, 3.63) is 63.2 Å². The Morgan fingerprint density at radius 1 is 1.09 bits per heavy atom.